The van der Waals surface area contributed by atoms with Gasteiger partial charge in [-0.15, -0.1) is 0 Å². The lowest BCUT2D eigenvalue weighted by Crippen LogP contribution is -2.47. The fourth-order valence-corrected chi connectivity index (χ4v) is 2.87. The molecule has 26 heavy (non-hydrogen) atoms. The van der Waals surface area contributed by atoms with E-state index in [1.54, 1.807) is 30.9 Å². The highest BCUT2D eigenvalue weighted by Crippen LogP contribution is 2.34. The zero-order valence-electron chi connectivity index (χ0n) is 15.3. The van der Waals surface area contributed by atoms with E-state index in [1.165, 1.54) is 4.90 Å². The fraction of sp³-hybridized carbons (Fsp3) is 0.333. The van der Waals surface area contributed by atoms with E-state index in [-0.39, 0.29) is 24.2 Å². The average molecular weight is 354 g/mol. The standard InChI is InChI=1S/C18H22N6O2/c1-11-8-14(22-24(11)4)16(26)20-13-7-5-6-12(9-13)18(2)10-15(25)23(3)17(19)21-18/h5-9H,10H2,1-4H3,(H2,19,21)(H,20,26). The Morgan fingerprint density at radius 1 is 1.31 bits per heavy atom. The number of aryl methyl sites for hydroxylation is 2. The van der Waals surface area contributed by atoms with Crippen LogP contribution in [-0.2, 0) is 17.4 Å². The van der Waals surface area contributed by atoms with Gasteiger partial charge in [0.2, 0.25) is 5.91 Å². The van der Waals surface area contributed by atoms with Crippen LogP contribution in [0.1, 0.15) is 35.1 Å². The number of aliphatic imine (C=N–C) groups is 1. The molecule has 0 radical (unpaired) electrons. The average Bonchev–Trinajstić information content (AvgIpc) is 2.92. The van der Waals surface area contributed by atoms with Crippen molar-refractivity contribution in [3.8, 4) is 0 Å². The number of hydrogen-bond donors (Lipinski definition) is 2. The van der Waals surface area contributed by atoms with Gasteiger partial charge in [-0.3, -0.25) is 19.2 Å². The number of anilines is 1. The molecule has 0 saturated carbocycles. The zero-order chi connectivity index (χ0) is 19.1. The molecule has 0 aliphatic carbocycles. The van der Waals surface area contributed by atoms with Gasteiger partial charge in [0.05, 0.1) is 12.0 Å². The van der Waals surface area contributed by atoms with Gasteiger partial charge in [-0.05, 0) is 37.6 Å². The summed E-state index contributed by atoms with van der Waals surface area (Å²) >= 11 is 0. The number of guanidine groups is 1. The molecule has 0 spiro atoms. The zero-order valence-corrected chi connectivity index (χ0v) is 15.3. The number of nitrogens with one attached hydrogen (secondary N) is 1. The van der Waals surface area contributed by atoms with E-state index >= 15 is 0 Å². The molecule has 1 atom stereocenters. The van der Waals surface area contributed by atoms with E-state index in [2.05, 4.69) is 15.4 Å². The van der Waals surface area contributed by atoms with Gasteiger partial charge in [0, 0.05) is 25.5 Å². The third-order valence-corrected chi connectivity index (χ3v) is 4.66. The Kier molecular flexibility index (Phi) is 4.27. The maximum Gasteiger partial charge on any atom is 0.276 e. The van der Waals surface area contributed by atoms with Crippen LogP contribution in [0.4, 0.5) is 5.69 Å². The molecule has 1 aromatic heterocycles. The summed E-state index contributed by atoms with van der Waals surface area (Å²) in [6, 6.07) is 9.00. The number of aromatic nitrogens is 2. The van der Waals surface area contributed by atoms with E-state index in [9.17, 15) is 9.59 Å². The molecule has 2 amide bonds. The topological polar surface area (TPSA) is 106 Å². The predicted octanol–water partition coefficient (Wildman–Crippen LogP) is 1.37. The number of benzene rings is 1. The number of amides is 2. The fourth-order valence-electron chi connectivity index (χ4n) is 2.87. The summed E-state index contributed by atoms with van der Waals surface area (Å²) < 4.78 is 1.65. The molecular formula is C18H22N6O2. The maximum atomic E-state index is 12.4. The normalized spacial score (nSPS) is 20.1. The summed E-state index contributed by atoms with van der Waals surface area (Å²) in [4.78, 5) is 30.4. The second kappa shape index (κ2) is 6.29. The second-order valence-corrected chi connectivity index (χ2v) is 6.70. The van der Waals surface area contributed by atoms with Gasteiger partial charge in [0.1, 0.15) is 0 Å². The minimum absolute atomic E-state index is 0.0987. The van der Waals surface area contributed by atoms with Gasteiger partial charge in [0.15, 0.2) is 11.7 Å². The molecule has 1 aromatic carbocycles. The second-order valence-electron chi connectivity index (χ2n) is 6.70. The van der Waals surface area contributed by atoms with Crippen molar-refractivity contribution in [1.82, 2.24) is 14.7 Å². The van der Waals surface area contributed by atoms with E-state index in [0.29, 0.717) is 11.4 Å². The first kappa shape index (κ1) is 17.7. The molecule has 0 bridgehead atoms. The van der Waals surface area contributed by atoms with Gasteiger partial charge in [-0.1, -0.05) is 12.1 Å². The van der Waals surface area contributed by atoms with Crippen molar-refractivity contribution in [2.75, 3.05) is 12.4 Å². The van der Waals surface area contributed by atoms with Crippen molar-refractivity contribution in [1.29, 1.82) is 0 Å². The van der Waals surface area contributed by atoms with Crippen molar-refractivity contribution < 1.29 is 9.59 Å². The molecule has 2 heterocycles. The smallest absolute Gasteiger partial charge is 0.276 e. The monoisotopic (exact) mass is 354 g/mol. The summed E-state index contributed by atoms with van der Waals surface area (Å²) in [5, 5.41) is 7.01. The lowest BCUT2D eigenvalue weighted by Gasteiger charge is -2.33. The molecule has 136 valence electrons. The van der Waals surface area contributed by atoms with Crippen LogP contribution in [0.25, 0.3) is 0 Å². The lowest BCUT2D eigenvalue weighted by atomic mass is 9.87. The van der Waals surface area contributed by atoms with Crippen LogP contribution in [0.15, 0.2) is 35.3 Å². The molecule has 1 unspecified atom stereocenters. The first-order chi connectivity index (χ1) is 12.2. The van der Waals surface area contributed by atoms with Crippen molar-refractivity contribution in [3.05, 3.63) is 47.3 Å². The Morgan fingerprint density at radius 3 is 2.65 bits per heavy atom. The van der Waals surface area contributed by atoms with Gasteiger partial charge >= 0.3 is 0 Å². The van der Waals surface area contributed by atoms with Crippen LogP contribution in [0.5, 0.6) is 0 Å². The molecular weight excluding hydrogens is 332 g/mol. The minimum Gasteiger partial charge on any atom is -0.369 e. The molecule has 0 saturated heterocycles. The highest BCUT2D eigenvalue weighted by molar-refractivity contribution is 6.03. The SMILES string of the molecule is Cc1cc(C(=O)Nc2cccc(C3(C)CC(=O)N(C)C(N)=N3)c2)nn1C. The van der Waals surface area contributed by atoms with E-state index in [1.807, 2.05) is 32.0 Å². The minimum atomic E-state index is -0.768. The Balaban J connectivity index is 1.87. The Hall–Kier alpha value is -3.16. The largest absolute Gasteiger partial charge is 0.369 e. The van der Waals surface area contributed by atoms with Crippen LogP contribution < -0.4 is 11.1 Å². The van der Waals surface area contributed by atoms with Crippen molar-refractivity contribution in [2.45, 2.75) is 25.8 Å². The maximum absolute atomic E-state index is 12.4. The summed E-state index contributed by atoms with van der Waals surface area (Å²) in [6.07, 6.45) is 0.209. The lowest BCUT2D eigenvalue weighted by molar-refractivity contribution is -0.128. The van der Waals surface area contributed by atoms with Crippen LogP contribution in [0, 0.1) is 6.92 Å². The third kappa shape index (κ3) is 3.17. The molecule has 8 heteroatoms. The van der Waals surface area contributed by atoms with Gasteiger partial charge in [-0.2, -0.15) is 5.10 Å². The number of nitrogens with two attached hydrogens (primary N) is 1. The third-order valence-electron chi connectivity index (χ3n) is 4.66. The van der Waals surface area contributed by atoms with Crippen molar-refractivity contribution in [2.24, 2.45) is 17.8 Å². The Bertz CT molecular complexity index is 897. The predicted molar refractivity (Wildman–Crippen MR) is 98.7 cm³/mol. The number of carbonyl (C=O) groups excluding carboxylic acids is 2. The number of nitrogens with zero attached hydrogens (tertiary/aromatic N) is 4. The number of hydrogen-bond acceptors (Lipinski definition) is 5. The van der Waals surface area contributed by atoms with Crippen LogP contribution in [0.3, 0.4) is 0 Å². The molecule has 1 aliphatic heterocycles. The highest BCUT2D eigenvalue weighted by Gasteiger charge is 2.36. The summed E-state index contributed by atoms with van der Waals surface area (Å²) in [7, 11) is 3.39. The van der Waals surface area contributed by atoms with Crippen LogP contribution in [0.2, 0.25) is 0 Å². The summed E-state index contributed by atoms with van der Waals surface area (Å²) in [5.41, 5.74) is 7.75. The molecule has 3 rings (SSSR count). The first-order valence-electron chi connectivity index (χ1n) is 8.24. The van der Waals surface area contributed by atoms with E-state index in [0.717, 1.165) is 11.3 Å². The molecule has 1 aliphatic rings. The first-order valence-corrected chi connectivity index (χ1v) is 8.24. The van der Waals surface area contributed by atoms with Gasteiger partial charge in [-0.25, -0.2) is 4.99 Å². The van der Waals surface area contributed by atoms with Gasteiger partial charge < -0.3 is 11.1 Å². The molecule has 3 N–H and O–H groups in total. The van der Waals surface area contributed by atoms with Crippen molar-refractivity contribution >= 4 is 23.5 Å². The molecule has 0 fully saturated rings. The quantitative estimate of drug-likeness (QED) is 0.868. The number of rotatable bonds is 3. The Labute approximate surface area is 151 Å². The van der Waals surface area contributed by atoms with E-state index in [4.69, 9.17) is 5.73 Å². The van der Waals surface area contributed by atoms with E-state index < -0.39 is 5.54 Å². The number of carbonyl (C=O) groups is 2. The highest BCUT2D eigenvalue weighted by atomic mass is 16.2. The van der Waals surface area contributed by atoms with Crippen molar-refractivity contribution in [3.63, 3.8) is 0 Å². The van der Waals surface area contributed by atoms with Gasteiger partial charge in [0.25, 0.3) is 5.91 Å². The van der Waals surface area contributed by atoms with Crippen LogP contribution >= 0.6 is 0 Å². The molecule has 8 nitrogen and oxygen atoms in total. The Morgan fingerprint density at radius 2 is 2.04 bits per heavy atom. The van der Waals surface area contributed by atoms with Crippen LogP contribution in [-0.4, -0.2) is 39.5 Å². The molecule has 2 aromatic rings. The summed E-state index contributed by atoms with van der Waals surface area (Å²) in [6.45, 7) is 3.73. The summed E-state index contributed by atoms with van der Waals surface area (Å²) in [5.74, 6) is -0.209.